The summed E-state index contributed by atoms with van der Waals surface area (Å²) in [6.45, 7) is 4.75. The van der Waals surface area contributed by atoms with E-state index in [4.69, 9.17) is 5.73 Å². The monoisotopic (exact) mass is 318 g/mol. The summed E-state index contributed by atoms with van der Waals surface area (Å²) in [4.78, 5) is 0. The van der Waals surface area contributed by atoms with Crippen LogP contribution in [0.2, 0.25) is 0 Å². The summed E-state index contributed by atoms with van der Waals surface area (Å²) < 4.78 is 1.13. The highest BCUT2D eigenvalue weighted by molar-refractivity contribution is 9.10. The zero-order valence-corrected chi connectivity index (χ0v) is 12.9. The van der Waals surface area contributed by atoms with Crippen LogP contribution in [0.3, 0.4) is 0 Å². The standard InChI is InChI=1S/C16H19BrN2/c1-11-4-3-5-14(8-11)19-16(10-18)13-6-7-15(17)12(2)9-13/h3-9,16,19H,10,18H2,1-2H3. The van der Waals surface area contributed by atoms with Crippen LogP contribution in [-0.2, 0) is 0 Å². The van der Waals surface area contributed by atoms with Crippen LogP contribution in [-0.4, -0.2) is 6.54 Å². The largest absolute Gasteiger partial charge is 0.377 e. The number of nitrogens with one attached hydrogen (secondary N) is 1. The molecule has 100 valence electrons. The molecule has 2 aromatic rings. The number of hydrogen-bond donors (Lipinski definition) is 2. The summed E-state index contributed by atoms with van der Waals surface area (Å²) >= 11 is 3.53. The van der Waals surface area contributed by atoms with Crippen molar-refractivity contribution in [1.82, 2.24) is 0 Å². The Morgan fingerprint density at radius 3 is 2.58 bits per heavy atom. The molecule has 0 heterocycles. The molecule has 0 aliphatic carbocycles. The molecule has 2 nitrogen and oxygen atoms in total. The molecule has 0 spiro atoms. The number of aryl methyl sites for hydroxylation is 2. The second-order valence-electron chi connectivity index (χ2n) is 4.81. The average Bonchev–Trinajstić information content (AvgIpc) is 2.39. The highest BCUT2D eigenvalue weighted by Gasteiger charge is 2.10. The van der Waals surface area contributed by atoms with E-state index in [0.717, 1.165) is 10.2 Å². The van der Waals surface area contributed by atoms with Crippen molar-refractivity contribution in [2.45, 2.75) is 19.9 Å². The van der Waals surface area contributed by atoms with Crippen LogP contribution in [0.5, 0.6) is 0 Å². The van der Waals surface area contributed by atoms with E-state index >= 15 is 0 Å². The van der Waals surface area contributed by atoms with Crippen molar-refractivity contribution in [3.8, 4) is 0 Å². The first-order valence-electron chi connectivity index (χ1n) is 6.39. The lowest BCUT2D eigenvalue weighted by Gasteiger charge is -2.19. The first-order valence-corrected chi connectivity index (χ1v) is 7.19. The minimum absolute atomic E-state index is 0.133. The van der Waals surface area contributed by atoms with E-state index in [9.17, 15) is 0 Å². The minimum Gasteiger partial charge on any atom is -0.377 e. The molecule has 0 bridgehead atoms. The van der Waals surface area contributed by atoms with Gasteiger partial charge in [0.2, 0.25) is 0 Å². The summed E-state index contributed by atoms with van der Waals surface area (Å²) in [5.41, 5.74) is 10.7. The number of halogens is 1. The lowest BCUT2D eigenvalue weighted by molar-refractivity contribution is 0.788. The molecule has 0 aliphatic heterocycles. The van der Waals surface area contributed by atoms with Gasteiger partial charge in [-0.05, 0) is 48.7 Å². The van der Waals surface area contributed by atoms with Gasteiger partial charge in [0, 0.05) is 16.7 Å². The zero-order valence-electron chi connectivity index (χ0n) is 11.3. The number of anilines is 1. The van der Waals surface area contributed by atoms with Crippen LogP contribution in [0.1, 0.15) is 22.7 Å². The molecule has 2 aromatic carbocycles. The van der Waals surface area contributed by atoms with Gasteiger partial charge < -0.3 is 11.1 Å². The third-order valence-electron chi connectivity index (χ3n) is 3.18. The van der Waals surface area contributed by atoms with Gasteiger partial charge in [0.25, 0.3) is 0 Å². The molecular formula is C16H19BrN2. The Labute approximate surface area is 123 Å². The minimum atomic E-state index is 0.133. The van der Waals surface area contributed by atoms with Crippen LogP contribution < -0.4 is 11.1 Å². The molecular weight excluding hydrogens is 300 g/mol. The van der Waals surface area contributed by atoms with Gasteiger partial charge in [-0.15, -0.1) is 0 Å². The Morgan fingerprint density at radius 1 is 1.16 bits per heavy atom. The summed E-state index contributed by atoms with van der Waals surface area (Å²) in [5, 5.41) is 3.49. The van der Waals surface area contributed by atoms with Gasteiger partial charge in [0.15, 0.2) is 0 Å². The molecule has 3 N–H and O–H groups in total. The fourth-order valence-corrected chi connectivity index (χ4v) is 2.35. The van der Waals surface area contributed by atoms with Crippen molar-refractivity contribution in [3.05, 3.63) is 63.6 Å². The third kappa shape index (κ3) is 3.58. The summed E-state index contributed by atoms with van der Waals surface area (Å²) in [7, 11) is 0. The van der Waals surface area contributed by atoms with Gasteiger partial charge in [-0.1, -0.05) is 40.2 Å². The Bertz CT molecular complexity index is 566. The number of benzene rings is 2. The first kappa shape index (κ1) is 14.1. The summed E-state index contributed by atoms with van der Waals surface area (Å²) in [6.07, 6.45) is 0. The predicted molar refractivity (Wildman–Crippen MR) is 85.5 cm³/mol. The highest BCUT2D eigenvalue weighted by Crippen LogP contribution is 2.24. The van der Waals surface area contributed by atoms with Gasteiger partial charge in [-0.3, -0.25) is 0 Å². The smallest absolute Gasteiger partial charge is 0.0636 e. The molecule has 19 heavy (non-hydrogen) atoms. The van der Waals surface area contributed by atoms with Crippen molar-refractivity contribution in [1.29, 1.82) is 0 Å². The van der Waals surface area contributed by atoms with Gasteiger partial charge in [-0.2, -0.15) is 0 Å². The molecule has 0 fully saturated rings. The van der Waals surface area contributed by atoms with Crippen LogP contribution in [0.25, 0.3) is 0 Å². The number of hydrogen-bond acceptors (Lipinski definition) is 2. The third-order valence-corrected chi connectivity index (χ3v) is 4.07. The van der Waals surface area contributed by atoms with E-state index in [1.54, 1.807) is 0 Å². The van der Waals surface area contributed by atoms with Crippen LogP contribution in [0.4, 0.5) is 5.69 Å². The molecule has 0 saturated heterocycles. The van der Waals surface area contributed by atoms with Crippen molar-refractivity contribution in [2.75, 3.05) is 11.9 Å². The molecule has 0 radical (unpaired) electrons. The van der Waals surface area contributed by atoms with Crippen molar-refractivity contribution < 1.29 is 0 Å². The van der Waals surface area contributed by atoms with E-state index in [0.29, 0.717) is 6.54 Å². The molecule has 0 aromatic heterocycles. The maximum absolute atomic E-state index is 5.90. The molecule has 1 atom stereocenters. The lowest BCUT2D eigenvalue weighted by Crippen LogP contribution is -2.20. The maximum atomic E-state index is 5.90. The van der Waals surface area contributed by atoms with Crippen molar-refractivity contribution >= 4 is 21.6 Å². The van der Waals surface area contributed by atoms with Crippen LogP contribution in [0.15, 0.2) is 46.9 Å². The van der Waals surface area contributed by atoms with Gasteiger partial charge in [0.05, 0.1) is 6.04 Å². The number of rotatable bonds is 4. The van der Waals surface area contributed by atoms with Gasteiger partial charge >= 0.3 is 0 Å². The SMILES string of the molecule is Cc1cccc(NC(CN)c2ccc(Br)c(C)c2)c1. The van der Waals surface area contributed by atoms with Crippen molar-refractivity contribution in [3.63, 3.8) is 0 Å². The second kappa shape index (κ2) is 6.22. The molecule has 0 saturated carbocycles. The highest BCUT2D eigenvalue weighted by atomic mass is 79.9. The van der Waals surface area contributed by atoms with E-state index in [-0.39, 0.29) is 6.04 Å². The van der Waals surface area contributed by atoms with Crippen molar-refractivity contribution in [2.24, 2.45) is 5.73 Å². The zero-order chi connectivity index (χ0) is 13.8. The fourth-order valence-electron chi connectivity index (χ4n) is 2.10. The topological polar surface area (TPSA) is 38.0 Å². The molecule has 3 heteroatoms. The first-order chi connectivity index (χ1) is 9.10. The van der Waals surface area contributed by atoms with Gasteiger partial charge in [-0.25, -0.2) is 0 Å². The summed E-state index contributed by atoms with van der Waals surface area (Å²) in [5.74, 6) is 0. The quantitative estimate of drug-likeness (QED) is 0.887. The molecule has 1 unspecified atom stereocenters. The van der Waals surface area contributed by atoms with Crippen LogP contribution >= 0.6 is 15.9 Å². The van der Waals surface area contributed by atoms with Crippen LogP contribution in [0, 0.1) is 13.8 Å². The predicted octanol–water partition coefficient (Wildman–Crippen LogP) is 4.18. The van der Waals surface area contributed by atoms with E-state index in [1.165, 1.54) is 16.7 Å². The lowest BCUT2D eigenvalue weighted by atomic mass is 10.0. The maximum Gasteiger partial charge on any atom is 0.0636 e. The van der Waals surface area contributed by atoms with E-state index in [2.05, 4.69) is 77.6 Å². The summed E-state index contributed by atoms with van der Waals surface area (Å²) in [6, 6.07) is 14.8. The van der Waals surface area contributed by atoms with Gasteiger partial charge in [0.1, 0.15) is 0 Å². The Hall–Kier alpha value is -1.32. The molecule has 0 amide bonds. The van der Waals surface area contributed by atoms with E-state index < -0.39 is 0 Å². The molecule has 2 rings (SSSR count). The Morgan fingerprint density at radius 2 is 1.95 bits per heavy atom. The Kier molecular flexibility index (Phi) is 4.61. The fraction of sp³-hybridized carbons (Fsp3) is 0.250. The average molecular weight is 319 g/mol. The number of nitrogens with two attached hydrogens (primary N) is 1. The molecule has 0 aliphatic rings. The van der Waals surface area contributed by atoms with E-state index in [1.807, 2.05) is 0 Å². The second-order valence-corrected chi connectivity index (χ2v) is 5.67. The normalized spacial score (nSPS) is 12.2. The Balaban J connectivity index is 2.22.